The van der Waals surface area contributed by atoms with Gasteiger partial charge in [-0.3, -0.25) is 0 Å². The lowest BCUT2D eigenvalue weighted by Crippen LogP contribution is -2.15. The summed E-state index contributed by atoms with van der Waals surface area (Å²) in [6, 6.07) is 3.31. The number of ether oxygens (including phenoxy) is 1. The quantitative estimate of drug-likeness (QED) is 0.765. The summed E-state index contributed by atoms with van der Waals surface area (Å²) < 4.78 is 26.7. The zero-order chi connectivity index (χ0) is 12.2. The van der Waals surface area contributed by atoms with Gasteiger partial charge in [0.15, 0.2) is 0 Å². The second kappa shape index (κ2) is 5.02. The van der Waals surface area contributed by atoms with Crippen LogP contribution >= 0.6 is 0 Å². The number of sulfone groups is 1. The molecule has 0 amide bonds. The monoisotopic (exact) mass is 245 g/mol. The van der Waals surface area contributed by atoms with E-state index in [4.69, 9.17) is 10.5 Å². The average Bonchev–Trinajstić information content (AvgIpc) is 2.18. The highest BCUT2D eigenvalue weighted by Gasteiger charge is 2.04. The highest BCUT2D eigenvalue weighted by Crippen LogP contribution is 2.19. The largest absolute Gasteiger partial charge is 0.479 e. The number of nitrogens with zero attached hydrogens (tertiary/aromatic N) is 1. The first-order chi connectivity index (χ1) is 7.42. The molecule has 6 nitrogen and oxygen atoms in total. The minimum absolute atomic E-state index is 0.0569. The molecule has 0 fully saturated rings. The molecule has 0 saturated heterocycles. The van der Waals surface area contributed by atoms with E-state index in [-0.39, 0.29) is 5.75 Å². The zero-order valence-corrected chi connectivity index (χ0v) is 10.0. The Balaban J connectivity index is 2.61. The Hall–Kier alpha value is -1.50. The van der Waals surface area contributed by atoms with Crippen molar-refractivity contribution < 1.29 is 13.2 Å². The van der Waals surface area contributed by atoms with Crippen molar-refractivity contribution in [3.63, 3.8) is 0 Å². The Labute approximate surface area is 94.7 Å². The lowest BCUT2D eigenvalue weighted by molar-refractivity contribution is 0.401. The minimum atomic E-state index is -2.96. The van der Waals surface area contributed by atoms with Crippen LogP contribution in [-0.4, -0.2) is 39.1 Å². The van der Waals surface area contributed by atoms with E-state index >= 15 is 0 Å². The van der Waals surface area contributed by atoms with Gasteiger partial charge in [-0.1, -0.05) is 0 Å². The molecule has 0 saturated carbocycles. The molecule has 16 heavy (non-hydrogen) atoms. The number of nitrogens with two attached hydrogens (primary N) is 1. The highest BCUT2D eigenvalue weighted by atomic mass is 32.2. The lowest BCUT2D eigenvalue weighted by Gasteiger charge is -2.07. The van der Waals surface area contributed by atoms with Gasteiger partial charge in [-0.15, -0.1) is 0 Å². The second-order valence-corrected chi connectivity index (χ2v) is 5.61. The fourth-order valence-corrected chi connectivity index (χ4v) is 1.55. The van der Waals surface area contributed by atoms with Crippen LogP contribution in [0.25, 0.3) is 0 Å². The van der Waals surface area contributed by atoms with Gasteiger partial charge in [-0.25, -0.2) is 8.42 Å². The first kappa shape index (κ1) is 12.6. The molecule has 0 radical (unpaired) electrons. The van der Waals surface area contributed by atoms with E-state index in [0.29, 0.717) is 23.9 Å². The van der Waals surface area contributed by atoms with Crippen molar-refractivity contribution in [2.45, 2.75) is 0 Å². The number of rotatable bonds is 5. The van der Waals surface area contributed by atoms with Crippen LogP contribution in [0.1, 0.15) is 0 Å². The Morgan fingerprint density at radius 1 is 1.50 bits per heavy atom. The molecule has 0 bridgehead atoms. The van der Waals surface area contributed by atoms with Gasteiger partial charge in [-0.2, -0.15) is 4.98 Å². The summed E-state index contributed by atoms with van der Waals surface area (Å²) in [5.74, 6) is 0.917. The summed E-state index contributed by atoms with van der Waals surface area (Å²) in [4.78, 5) is 4.06. The molecule has 1 aromatic rings. The van der Waals surface area contributed by atoms with Crippen LogP contribution in [0, 0.1) is 0 Å². The van der Waals surface area contributed by atoms with E-state index in [2.05, 4.69) is 10.3 Å². The maximum absolute atomic E-state index is 10.9. The van der Waals surface area contributed by atoms with Gasteiger partial charge < -0.3 is 15.8 Å². The van der Waals surface area contributed by atoms with Crippen molar-refractivity contribution in [3.8, 4) is 5.88 Å². The van der Waals surface area contributed by atoms with Crippen molar-refractivity contribution >= 4 is 21.3 Å². The highest BCUT2D eigenvalue weighted by molar-refractivity contribution is 7.90. The van der Waals surface area contributed by atoms with Gasteiger partial charge in [-0.05, 0) is 12.1 Å². The normalized spacial score (nSPS) is 11.1. The number of aromatic nitrogens is 1. The third-order valence-electron chi connectivity index (χ3n) is 1.86. The third kappa shape index (κ3) is 3.93. The van der Waals surface area contributed by atoms with Crippen LogP contribution in [-0.2, 0) is 9.84 Å². The Kier molecular flexibility index (Phi) is 3.94. The van der Waals surface area contributed by atoms with Gasteiger partial charge in [0.2, 0.25) is 5.88 Å². The van der Waals surface area contributed by atoms with Crippen molar-refractivity contribution in [2.75, 3.05) is 36.7 Å². The maximum atomic E-state index is 10.9. The molecule has 7 heteroatoms. The van der Waals surface area contributed by atoms with E-state index in [1.807, 2.05) is 0 Å². The van der Waals surface area contributed by atoms with Gasteiger partial charge in [0.1, 0.15) is 15.7 Å². The molecule has 1 aromatic heterocycles. The molecule has 0 spiro atoms. The molecule has 0 aromatic carbocycles. The summed E-state index contributed by atoms with van der Waals surface area (Å²) in [5, 5.41) is 2.88. The number of nitrogen functional groups attached to an aromatic ring is 1. The smallest absolute Gasteiger partial charge is 0.238 e. The van der Waals surface area contributed by atoms with Crippen molar-refractivity contribution in [3.05, 3.63) is 12.1 Å². The number of methoxy groups -OCH3 is 1. The van der Waals surface area contributed by atoms with Crippen LogP contribution in [0.3, 0.4) is 0 Å². The number of pyridine rings is 1. The van der Waals surface area contributed by atoms with E-state index in [1.54, 1.807) is 12.1 Å². The average molecular weight is 245 g/mol. The molecular formula is C9H15N3O3S. The lowest BCUT2D eigenvalue weighted by atomic mass is 10.4. The van der Waals surface area contributed by atoms with Crippen LogP contribution in [0.5, 0.6) is 5.88 Å². The number of anilines is 2. The Morgan fingerprint density at radius 2 is 2.19 bits per heavy atom. The molecule has 90 valence electrons. The predicted molar refractivity (Wildman–Crippen MR) is 63.4 cm³/mol. The molecule has 0 atom stereocenters. The second-order valence-electron chi connectivity index (χ2n) is 3.35. The standard InChI is InChI=1S/C9H15N3O3S/c1-15-9-7(10)3-4-8(12-9)11-5-6-16(2,13)14/h3-4H,5-6,10H2,1-2H3,(H,11,12). The van der Waals surface area contributed by atoms with E-state index in [9.17, 15) is 8.42 Å². The van der Waals surface area contributed by atoms with Crippen LogP contribution in [0.2, 0.25) is 0 Å². The number of hydrogen-bond donors (Lipinski definition) is 2. The Bertz CT molecular complexity index is 459. The first-order valence-electron chi connectivity index (χ1n) is 4.64. The molecule has 1 heterocycles. The van der Waals surface area contributed by atoms with Gasteiger partial charge in [0, 0.05) is 12.8 Å². The van der Waals surface area contributed by atoms with Gasteiger partial charge in [0.25, 0.3) is 0 Å². The van der Waals surface area contributed by atoms with Gasteiger partial charge >= 0.3 is 0 Å². The molecule has 0 aliphatic heterocycles. The third-order valence-corrected chi connectivity index (χ3v) is 2.81. The van der Waals surface area contributed by atoms with E-state index in [0.717, 1.165) is 0 Å². The number of nitrogens with one attached hydrogen (secondary N) is 1. The summed E-state index contributed by atoms with van der Waals surface area (Å²) >= 11 is 0. The van der Waals surface area contributed by atoms with Crippen molar-refractivity contribution in [1.29, 1.82) is 0 Å². The van der Waals surface area contributed by atoms with E-state index < -0.39 is 9.84 Å². The van der Waals surface area contributed by atoms with Crippen LogP contribution in [0.4, 0.5) is 11.5 Å². The molecule has 0 aliphatic rings. The summed E-state index contributed by atoms with van der Waals surface area (Å²) in [5.41, 5.74) is 6.03. The van der Waals surface area contributed by atoms with Crippen molar-refractivity contribution in [2.24, 2.45) is 0 Å². The predicted octanol–water partition coefficient (Wildman–Crippen LogP) is 0.129. The van der Waals surface area contributed by atoms with Crippen molar-refractivity contribution in [1.82, 2.24) is 4.98 Å². The Morgan fingerprint density at radius 3 is 2.75 bits per heavy atom. The van der Waals surface area contributed by atoms with E-state index in [1.165, 1.54) is 13.4 Å². The zero-order valence-electron chi connectivity index (χ0n) is 9.23. The molecule has 3 N–H and O–H groups in total. The number of hydrogen-bond acceptors (Lipinski definition) is 6. The summed E-state index contributed by atoms with van der Waals surface area (Å²) in [6.07, 6.45) is 1.19. The fraction of sp³-hybridized carbons (Fsp3) is 0.444. The molecular weight excluding hydrogens is 230 g/mol. The molecule has 0 aliphatic carbocycles. The summed E-state index contributed by atoms with van der Waals surface area (Å²) in [7, 11) is -1.49. The maximum Gasteiger partial charge on any atom is 0.238 e. The summed E-state index contributed by atoms with van der Waals surface area (Å²) in [6.45, 7) is 0.304. The SMILES string of the molecule is COc1nc(NCCS(C)(=O)=O)ccc1N. The minimum Gasteiger partial charge on any atom is -0.479 e. The fourth-order valence-electron chi connectivity index (χ4n) is 1.08. The molecule has 0 unspecified atom stereocenters. The van der Waals surface area contributed by atoms with Crippen LogP contribution < -0.4 is 15.8 Å². The molecule has 1 rings (SSSR count). The van der Waals surface area contributed by atoms with Crippen LogP contribution in [0.15, 0.2) is 12.1 Å². The first-order valence-corrected chi connectivity index (χ1v) is 6.70. The van der Waals surface area contributed by atoms with Gasteiger partial charge in [0.05, 0.1) is 18.6 Å². The topological polar surface area (TPSA) is 94.3 Å².